The van der Waals surface area contributed by atoms with Crippen LogP contribution in [0, 0.1) is 0 Å². The Bertz CT molecular complexity index is 405. The van der Waals surface area contributed by atoms with Gasteiger partial charge in [0, 0.05) is 19.3 Å². The van der Waals surface area contributed by atoms with Gasteiger partial charge in [-0.3, -0.25) is 0 Å². The molecule has 0 N–H and O–H groups in total. The summed E-state index contributed by atoms with van der Waals surface area (Å²) in [5, 5.41) is 0. The summed E-state index contributed by atoms with van der Waals surface area (Å²) in [6.07, 6.45) is 0.862. The zero-order chi connectivity index (χ0) is 12.3. The van der Waals surface area contributed by atoms with Crippen LogP contribution in [-0.2, 0) is 20.9 Å². The number of hydrogen-bond donors (Lipinski definition) is 0. The lowest BCUT2D eigenvalue weighted by molar-refractivity contribution is -0.143. The summed E-state index contributed by atoms with van der Waals surface area (Å²) in [4.78, 5) is 13.6. The lowest BCUT2D eigenvalue weighted by Crippen LogP contribution is -2.53. The SMILES string of the molecule is COCc1cccc(N2CCC2C(=O)OC)c1. The van der Waals surface area contributed by atoms with Gasteiger partial charge in [0.15, 0.2) is 0 Å². The number of rotatable bonds is 4. The Morgan fingerprint density at radius 2 is 2.29 bits per heavy atom. The Morgan fingerprint density at radius 3 is 2.88 bits per heavy atom. The third-order valence-corrected chi connectivity index (χ3v) is 3.05. The van der Waals surface area contributed by atoms with Crippen molar-refractivity contribution >= 4 is 11.7 Å². The predicted molar refractivity (Wildman–Crippen MR) is 64.9 cm³/mol. The van der Waals surface area contributed by atoms with Crippen LogP contribution >= 0.6 is 0 Å². The van der Waals surface area contributed by atoms with Gasteiger partial charge in [0.05, 0.1) is 13.7 Å². The van der Waals surface area contributed by atoms with Gasteiger partial charge < -0.3 is 14.4 Å². The molecule has 0 aromatic heterocycles. The highest BCUT2D eigenvalue weighted by molar-refractivity contribution is 5.82. The van der Waals surface area contributed by atoms with Gasteiger partial charge in [-0.1, -0.05) is 12.1 Å². The maximum Gasteiger partial charge on any atom is 0.328 e. The minimum Gasteiger partial charge on any atom is -0.467 e. The average molecular weight is 235 g/mol. The molecule has 0 aliphatic carbocycles. The highest BCUT2D eigenvalue weighted by Gasteiger charge is 2.35. The van der Waals surface area contributed by atoms with E-state index in [1.165, 1.54) is 7.11 Å². The maximum atomic E-state index is 11.5. The van der Waals surface area contributed by atoms with Gasteiger partial charge in [0.2, 0.25) is 0 Å². The van der Waals surface area contributed by atoms with Crippen molar-refractivity contribution < 1.29 is 14.3 Å². The molecule has 0 bridgehead atoms. The van der Waals surface area contributed by atoms with Crippen molar-refractivity contribution in [2.24, 2.45) is 0 Å². The number of nitrogens with zero attached hydrogens (tertiary/aromatic N) is 1. The van der Waals surface area contributed by atoms with Crippen LogP contribution in [0.15, 0.2) is 24.3 Å². The van der Waals surface area contributed by atoms with Crippen molar-refractivity contribution in [3.05, 3.63) is 29.8 Å². The Kier molecular flexibility index (Phi) is 3.64. The molecule has 1 unspecified atom stereocenters. The summed E-state index contributed by atoms with van der Waals surface area (Å²) in [5.74, 6) is -0.159. The standard InChI is InChI=1S/C13H17NO3/c1-16-9-10-4-3-5-11(8-10)14-7-6-12(14)13(15)17-2/h3-5,8,12H,6-7,9H2,1-2H3. The van der Waals surface area contributed by atoms with E-state index in [9.17, 15) is 4.79 Å². The highest BCUT2D eigenvalue weighted by atomic mass is 16.5. The second-order valence-electron chi connectivity index (χ2n) is 4.12. The van der Waals surface area contributed by atoms with Crippen molar-refractivity contribution in [2.75, 3.05) is 25.7 Å². The van der Waals surface area contributed by atoms with Gasteiger partial charge in [-0.2, -0.15) is 0 Å². The van der Waals surface area contributed by atoms with Crippen LogP contribution in [0.2, 0.25) is 0 Å². The Morgan fingerprint density at radius 1 is 1.47 bits per heavy atom. The Labute approximate surface area is 101 Å². The number of anilines is 1. The summed E-state index contributed by atoms with van der Waals surface area (Å²) in [7, 11) is 3.10. The minimum atomic E-state index is -0.159. The number of carbonyl (C=O) groups excluding carboxylic acids is 1. The minimum absolute atomic E-state index is 0.127. The van der Waals surface area contributed by atoms with Gasteiger partial charge in [0.25, 0.3) is 0 Å². The molecule has 0 amide bonds. The zero-order valence-corrected chi connectivity index (χ0v) is 10.2. The average Bonchev–Trinajstić information content (AvgIpc) is 2.28. The van der Waals surface area contributed by atoms with Crippen LogP contribution in [0.3, 0.4) is 0 Å². The predicted octanol–water partition coefficient (Wildman–Crippen LogP) is 1.58. The molecule has 17 heavy (non-hydrogen) atoms. The maximum absolute atomic E-state index is 11.5. The summed E-state index contributed by atoms with van der Waals surface area (Å²) >= 11 is 0. The third-order valence-electron chi connectivity index (χ3n) is 3.05. The topological polar surface area (TPSA) is 38.8 Å². The van der Waals surface area contributed by atoms with Gasteiger partial charge in [-0.25, -0.2) is 4.79 Å². The molecule has 1 fully saturated rings. The largest absolute Gasteiger partial charge is 0.467 e. The van der Waals surface area contributed by atoms with E-state index in [4.69, 9.17) is 9.47 Å². The van der Waals surface area contributed by atoms with Gasteiger partial charge in [-0.05, 0) is 24.1 Å². The number of carbonyl (C=O) groups is 1. The van der Waals surface area contributed by atoms with E-state index in [1.54, 1.807) is 7.11 Å². The van der Waals surface area contributed by atoms with Gasteiger partial charge in [0.1, 0.15) is 6.04 Å². The van der Waals surface area contributed by atoms with Crippen LogP contribution in [-0.4, -0.2) is 32.8 Å². The van der Waals surface area contributed by atoms with Crippen LogP contribution < -0.4 is 4.90 Å². The molecule has 0 radical (unpaired) electrons. The molecule has 0 spiro atoms. The molecule has 1 heterocycles. The number of hydrogen-bond acceptors (Lipinski definition) is 4. The first-order chi connectivity index (χ1) is 8.26. The molecular weight excluding hydrogens is 218 g/mol. The van der Waals surface area contributed by atoms with E-state index in [1.807, 2.05) is 18.2 Å². The first kappa shape index (κ1) is 11.9. The molecular formula is C13H17NO3. The molecule has 1 aliphatic rings. The third kappa shape index (κ3) is 2.42. The van der Waals surface area contributed by atoms with E-state index >= 15 is 0 Å². The van der Waals surface area contributed by atoms with Crippen LogP contribution in [0.5, 0.6) is 0 Å². The molecule has 1 aromatic carbocycles. The molecule has 4 heteroatoms. The number of ether oxygens (including phenoxy) is 2. The van der Waals surface area contributed by atoms with Crippen LogP contribution in [0.4, 0.5) is 5.69 Å². The first-order valence-electron chi connectivity index (χ1n) is 5.68. The second kappa shape index (κ2) is 5.19. The highest BCUT2D eigenvalue weighted by Crippen LogP contribution is 2.27. The molecule has 1 aromatic rings. The summed E-state index contributed by atoms with van der Waals surface area (Å²) in [6, 6.07) is 7.93. The quantitative estimate of drug-likeness (QED) is 0.743. The molecule has 1 atom stereocenters. The fourth-order valence-corrected chi connectivity index (χ4v) is 2.07. The molecule has 1 saturated heterocycles. The smallest absolute Gasteiger partial charge is 0.328 e. The van der Waals surface area contributed by atoms with Gasteiger partial charge >= 0.3 is 5.97 Å². The number of esters is 1. The van der Waals surface area contributed by atoms with E-state index in [0.717, 1.165) is 24.2 Å². The normalized spacial score (nSPS) is 18.7. The fraction of sp³-hybridized carbons (Fsp3) is 0.462. The molecule has 1 aliphatic heterocycles. The lowest BCUT2D eigenvalue weighted by Gasteiger charge is -2.40. The van der Waals surface area contributed by atoms with Crippen molar-refractivity contribution in [1.29, 1.82) is 0 Å². The lowest BCUT2D eigenvalue weighted by atomic mass is 10.0. The monoisotopic (exact) mass is 235 g/mol. The van der Waals surface area contributed by atoms with Crippen molar-refractivity contribution in [2.45, 2.75) is 19.1 Å². The van der Waals surface area contributed by atoms with E-state index < -0.39 is 0 Å². The van der Waals surface area contributed by atoms with E-state index in [2.05, 4.69) is 11.0 Å². The van der Waals surface area contributed by atoms with Gasteiger partial charge in [-0.15, -0.1) is 0 Å². The molecule has 0 saturated carbocycles. The Balaban J connectivity index is 2.12. The number of methoxy groups -OCH3 is 2. The summed E-state index contributed by atoms with van der Waals surface area (Å²) in [6.45, 7) is 1.49. The Hall–Kier alpha value is -1.55. The van der Waals surface area contributed by atoms with Crippen molar-refractivity contribution in [3.8, 4) is 0 Å². The summed E-state index contributed by atoms with van der Waals surface area (Å²) < 4.78 is 9.88. The first-order valence-corrected chi connectivity index (χ1v) is 5.68. The van der Waals surface area contributed by atoms with Crippen molar-refractivity contribution in [1.82, 2.24) is 0 Å². The molecule has 92 valence electrons. The van der Waals surface area contributed by atoms with E-state index in [0.29, 0.717) is 6.61 Å². The zero-order valence-electron chi connectivity index (χ0n) is 10.2. The molecule has 2 rings (SSSR count). The molecule has 4 nitrogen and oxygen atoms in total. The van der Waals surface area contributed by atoms with E-state index in [-0.39, 0.29) is 12.0 Å². The second-order valence-corrected chi connectivity index (χ2v) is 4.12. The fourth-order valence-electron chi connectivity index (χ4n) is 2.07. The van der Waals surface area contributed by atoms with Crippen LogP contribution in [0.1, 0.15) is 12.0 Å². The van der Waals surface area contributed by atoms with Crippen LogP contribution in [0.25, 0.3) is 0 Å². The number of benzene rings is 1. The van der Waals surface area contributed by atoms with Crippen molar-refractivity contribution in [3.63, 3.8) is 0 Å². The summed E-state index contributed by atoms with van der Waals surface area (Å²) in [5.41, 5.74) is 2.17.